The van der Waals surface area contributed by atoms with Crippen LogP contribution in [0, 0.1) is 0 Å². The highest BCUT2D eigenvalue weighted by molar-refractivity contribution is 5.67. The number of hydrogen-bond acceptors (Lipinski definition) is 7. The summed E-state index contributed by atoms with van der Waals surface area (Å²) in [5, 5.41) is 11.3. The summed E-state index contributed by atoms with van der Waals surface area (Å²) < 4.78 is 10.6. The lowest BCUT2D eigenvalue weighted by atomic mass is 10.2. The van der Waals surface area contributed by atoms with Crippen LogP contribution in [-0.2, 0) is 0 Å². The van der Waals surface area contributed by atoms with Crippen molar-refractivity contribution in [3.05, 3.63) is 54.7 Å². The standard InChI is InChI=1S/C18H19N5O2/c1-23(13-7-5-4-6-8-13)18-21-17(12-19-22-18)20-15-11-14(24-2)9-10-16(15)25-3/h4-12H,1-3H3,(H,20,21,22). The molecule has 0 unspecified atom stereocenters. The Bertz CT molecular complexity index is 842. The molecule has 0 saturated heterocycles. The van der Waals surface area contributed by atoms with E-state index in [9.17, 15) is 0 Å². The lowest BCUT2D eigenvalue weighted by Crippen LogP contribution is -2.14. The van der Waals surface area contributed by atoms with E-state index >= 15 is 0 Å². The van der Waals surface area contributed by atoms with Gasteiger partial charge in [0.05, 0.1) is 26.1 Å². The first kappa shape index (κ1) is 16.5. The Hall–Kier alpha value is -3.35. The summed E-state index contributed by atoms with van der Waals surface area (Å²) in [5.41, 5.74) is 1.70. The molecular formula is C18H19N5O2. The van der Waals surface area contributed by atoms with Crippen molar-refractivity contribution in [3.63, 3.8) is 0 Å². The monoisotopic (exact) mass is 337 g/mol. The van der Waals surface area contributed by atoms with Gasteiger partial charge in [-0.3, -0.25) is 0 Å². The van der Waals surface area contributed by atoms with Crippen molar-refractivity contribution in [1.82, 2.24) is 15.2 Å². The molecule has 25 heavy (non-hydrogen) atoms. The molecular weight excluding hydrogens is 318 g/mol. The Morgan fingerprint density at radius 2 is 1.80 bits per heavy atom. The Morgan fingerprint density at radius 1 is 1.00 bits per heavy atom. The first-order valence-corrected chi connectivity index (χ1v) is 7.69. The highest BCUT2D eigenvalue weighted by Gasteiger charge is 2.11. The van der Waals surface area contributed by atoms with Crippen molar-refractivity contribution in [3.8, 4) is 11.5 Å². The second-order valence-corrected chi connectivity index (χ2v) is 5.23. The van der Waals surface area contributed by atoms with Gasteiger partial charge >= 0.3 is 0 Å². The number of anilines is 4. The number of methoxy groups -OCH3 is 2. The van der Waals surface area contributed by atoms with E-state index < -0.39 is 0 Å². The van der Waals surface area contributed by atoms with Crippen molar-refractivity contribution < 1.29 is 9.47 Å². The number of benzene rings is 2. The van der Waals surface area contributed by atoms with Crippen LogP contribution < -0.4 is 19.7 Å². The fraction of sp³-hybridized carbons (Fsp3) is 0.167. The molecule has 0 aliphatic heterocycles. The summed E-state index contributed by atoms with van der Waals surface area (Å²) >= 11 is 0. The van der Waals surface area contributed by atoms with Crippen LogP contribution in [0.2, 0.25) is 0 Å². The number of nitrogens with zero attached hydrogens (tertiary/aromatic N) is 4. The maximum Gasteiger partial charge on any atom is 0.251 e. The molecule has 0 fully saturated rings. The van der Waals surface area contributed by atoms with Gasteiger partial charge in [0.25, 0.3) is 5.95 Å². The number of hydrogen-bond donors (Lipinski definition) is 1. The van der Waals surface area contributed by atoms with Gasteiger partial charge in [0, 0.05) is 18.8 Å². The van der Waals surface area contributed by atoms with Crippen LogP contribution in [-0.4, -0.2) is 36.4 Å². The predicted octanol–water partition coefficient (Wildman–Crippen LogP) is 3.40. The Balaban J connectivity index is 1.87. The van der Waals surface area contributed by atoms with Crippen molar-refractivity contribution in [1.29, 1.82) is 0 Å². The zero-order valence-corrected chi connectivity index (χ0v) is 14.3. The molecule has 3 aromatic rings. The first-order chi connectivity index (χ1) is 12.2. The third kappa shape index (κ3) is 3.77. The summed E-state index contributed by atoms with van der Waals surface area (Å²) in [6, 6.07) is 15.3. The maximum absolute atomic E-state index is 5.37. The average molecular weight is 337 g/mol. The van der Waals surface area contributed by atoms with Crippen LogP contribution in [0.15, 0.2) is 54.7 Å². The maximum atomic E-state index is 5.37. The van der Waals surface area contributed by atoms with Crippen molar-refractivity contribution >= 4 is 23.1 Å². The molecule has 0 bridgehead atoms. The topological polar surface area (TPSA) is 72.4 Å². The lowest BCUT2D eigenvalue weighted by Gasteiger charge is -2.17. The highest BCUT2D eigenvalue weighted by Crippen LogP contribution is 2.31. The summed E-state index contributed by atoms with van der Waals surface area (Å²) in [4.78, 5) is 6.38. The Kier molecular flexibility index (Phi) is 4.94. The van der Waals surface area contributed by atoms with Crippen molar-refractivity contribution in [2.75, 3.05) is 31.5 Å². The molecule has 3 rings (SSSR count). The molecule has 0 saturated carbocycles. The van der Waals surface area contributed by atoms with Gasteiger partial charge in [-0.15, -0.1) is 5.10 Å². The number of rotatable bonds is 6. The summed E-state index contributed by atoms with van der Waals surface area (Å²) in [6.07, 6.45) is 1.56. The molecule has 7 heteroatoms. The van der Waals surface area contributed by atoms with Crippen LogP contribution in [0.5, 0.6) is 11.5 Å². The van der Waals surface area contributed by atoms with Crippen LogP contribution in [0.3, 0.4) is 0 Å². The van der Waals surface area contributed by atoms with Gasteiger partial charge in [0.2, 0.25) is 0 Å². The fourth-order valence-corrected chi connectivity index (χ4v) is 2.31. The highest BCUT2D eigenvalue weighted by atomic mass is 16.5. The van der Waals surface area contributed by atoms with Gasteiger partial charge in [-0.25, -0.2) is 0 Å². The number of para-hydroxylation sites is 1. The molecule has 0 atom stereocenters. The second-order valence-electron chi connectivity index (χ2n) is 5.23. The molecule has 0 aliphatic rings. The summed E-state index contributed by atoms with van der Waals surface area (Å²) in [7, 11) is 5.12. The van der Waals surface area contributed by atoms with E-state index in [0.29, 0.717) is 23.3 Å². The first-order valence-electron chi connectivity index (χ1n) is 7.69. The van der Waals surface area contributed by atoms with E-state index in [0.717, 1.165) is 11.4 Å². The van der Waals surface area contributed by atoms with Crippen LogP contribution >= 0.6 is 0 Å². The van der Waals surface area contributed by atoms with E-state index in [-0.39, 0.29) is 0 Å². The minimum atomic E-state index is 0.484. The number of ether oxygens (including phenoxy) is 2. The summed E-state index contributed by atoms with van der Waals surface area (Å²) in [6.45, 7) is 0. The third-order valence-corrected chi connectivity index (χ3v) is 3.66. The quantitative estimate of drug-likeness (QED) is 0.739. The van der Waals surface area contributed by atoms with E-state index in [1.807, 2.05) is 60.5 Å². The molecule has 128 valence electrons. The fourth-order valence-electron chi connectivity index (χ4n) is 2.31. The SMILES string of the molecule is COc1ccc(OC)c(Nc2cnnc(N(C)c3ccccc3)n2)c1. The van der Waals surface area contributed by atoms with Gasteiger partial charge in [0.1, 0.15) is 11.5 Å². The zero-order valence-electron chi connectivity index (χ0n) is 14.3. The van der Waals surface area contributed by atoms with Crippen LogP contribution in [0.1, 0.15) is 0 Å². The zero-order chi connectivity index (χ0) is 17.6. The minimum absolute atomic E-state index is 0.484. The molecule has 0 amide bonds. The Morgan fingerprint density at radius 3 is 2.52 bits per heavy atom. The number of aromatic nitrogens is 3. The number of nitrogens with one attached hydrogen (secondary N) is 1. The van der Waals surface area contributed by atoms with Gasteiger partial charge in [-0.2, -0.15) is 10.1 Å². The van der Waals surface area contributed by atoms with Crippen LogP contribution in [0.25, 0.3) is 0 Å². The lowest BCUT2D eigenvalue weighted by molar-refractivity contribution is 0.405. The molecule has 1 N–H and O–H groups in total. The van der Waals surface area contributed by atoms with E-state index in [1.54, 1.807) is 20.4 Å². The van der Waals surface area contributed by atoms with Crippen molar-refractivity contribution in [2.45, 2.75) is 0 Å². The van der Waals surface area contributed by atoms with Gasteiger partial charge in [0.15, 0.2) is 5.82 Å². The predicted molar refractivity (Wildman–Crippen MR) is 97.2 cm³/mol. The van der Waals surface area contributed by atoms with Gasteiger partial charge < -0.3 is 19.7 Å². The second kappa shape index (κ2) is 7.48. The molecule has 7 nitrogen and oxygen atoms in total. The molecule has 1 heterocycles. The smallest absolute Gasteiger partial charge is 0.251 e. The summed E-state index contributed by atoms with van der Waals surface area (Å²) in [5.74, 6) is 2.43. The third-order valence-electron chi connectivity index (χ3n) is 3.66. The van der Waals surface area contributed by atoms with Crippen molar-refractivity contribution in [2.24, 2.45) is 0 Å². The van der Waals surface area contributed by atoms with E-state index in [2.05, 4.69) is 20.5 Å². The van der Waals surface area contributed by atoms with Gasteiger partial charge in [-0.05, 0) is 24.3 Å². The van der Waals surface area contributed by atoms with Crippen LogP contribution in [0.4, 0.5) is 23.1 Å². The molecule has 0 spiro atoms. The Labute approximate surface area is 146 Å². The van der Waals surface area contributed by atoms with E-state index in [4.69, 9.17) is 9.47 Å². The molecule has 0 aliphatic carbocycles. The molecule has 2 aromatic carbocycles. The largest absolute Gasteiger partial charge is 0.497 e. The molecule has 0 radical (unpaired) electrons. The molecule has 1 aromatic heterocycles. The van der Waals surface area contributed by atoms with Gasteiger partial charge in [-0.1, -0.05) is 18.2 Å². The normalized spacial score (nSPS) is 10.2. The minimum Gasteiger partial charge on any atom is -0.497 e. The van der Waals surface area contributed by atoms with E-state index in [1.165, 1.54) is 0 Å². The average Bonchev–Trinajstić information content (AvgIpc) is 2.68.